The van der Waals surface area contributed by atoms with Crippen molar-refractivity contribution in [3.63, 3.8) is 0 Å². The largest absolute Gasteiger partial charge is 0.339 e. The van der Waals surface area contributed by atoms with Crippen molar-refractivity contribution in [2.24, 2.45) is 0 Å². The third-order valence-corrected chi connectivity index (χ3v) is 3.94. The zero-order valence-electron chi connectivity index (χ0n) is 14.5. The van der Waals surface area contributed by atoms with Crippen LogP contribution < -0.4 is 10.6 Å². The van der Waals surface area contributed by atoms with Crippen molar-refractivity contribution >= 4 is 34.8 Å². The normalized spacial score (nSPS) is 10.4. The summed E-state index contributed by atoms with van der Waals surface area (Å²) in [6, 6.07) is 14.3. The van der Waals surface area contributed by atoms with Crippen LogP contribution >= 0.6 is 11.6 Å². The van der Waals surface area contributed by atoms with Gasteiger partial charge in [0.25, 0.3) is 0 Å². The van der Waals surface area contributed by atoms with Crippen molar-refractivity contribution in [2.45, 2.75) is 19.8 Å². The molecule has 2 N–H and O–H groups in total. The van der Waals surface area contributed by atoms with E-state index in [1.807, 2.05) is 30.3 Å². The lowest BCUT2D eigenvalue weighted by molar-refractivity contribution is -0.116. The van der Waals surface area contributed by atoms with Gasteiger partial charge >= 0.3 is 0 Å². The van der Waals surface area contributed by atoms with Crippen LogP contribution in [0.4, 0.5) is 11.4 Å². The van der Waals surface area contributed by atoms with Gasteiger partial charge in [-0.05, 0) is 18.2 Å². The molecule has 7 nitrogen and oxygen atoms in total. The van der Waals surface area contributed by atoms with Gasteiger partial charge in [-0.25, -0.2) is 0 Å². The molecule has 0 aliphatic carbocycles. The molecule has 8 heteroatoms. The fourth-order valence-corrected chi connectivity index (χ4v) is 2.62. The van der Waals surface area contributed by atoms with Crippen LogP contribution in [0.15, 0.2) is 53.1 Å². The summed E-state index contributed by atoms with van der Waals surface area (Å²) < 4.78 is 5.19. The lowest BCUT2D eigenvalue weighted by atomic mass is 10.2. The summed E-state index contributed by atoms with van der Waals surface area (Å²) in [4.78, 5) is 27.5. The number of anilines is 2. The predicted molar refractivity (Wildman–Crippen MR) is 102 cm³/mol. The second-order valence-electron chi connectivity index (χ2n) is 5.80. The Kier molecular flexibility index (Phi) is 5.83. The second-order valence-corrected chi connectivity index (χ2v) is 6.21. The van der Waals surface area contributed by atoms with Crippen LogP contribution in [0.25, 0.3) is 11.4 Å². The molecule has 0 unspecified atom stereocenters. The number of hydrogen-bond acceptors (Lipinski definition) is 5. The molecule has 0 bridgehead atoms. The first-order chi connectivity index (χ1) is 13.0. The van der Waals surface area contributed by atoms with Crippen LogP contribution in [0.5, 0.6) is 0 Å². The minimum absolute atomic E-state index is 0.182. The minimum Gasteiger partial charge on any atom is -0.339 e. The van der Waals surface area contributed by atoms with Crippen molar-refractivity contribution in [2.75, 3.05) is 10.6 Å². The smallest absolute Gasteiger partial charge is 0.227 e. The molecule has 0 aliphatic heterocycles. The van der Waals surface area contributed by atoms with E-state index >= 15 is 0 Å². The van der Waals surface area contributed by atoms with Crippen molar-refractivity contribution in [1.82, 2.24) is 10.1 Å². The van der Waals surface area contributed by atoms with Gasteiger partial charge in [-0.1, -0.05) is 47.1 Å². The zero-order chi connectivity index (χ0) is 19.2. The van der Waals surface area contributed by atoms with Crippen LogP contribution in [0.2, 0.25) is 5.02 Å². The van der Waals surface area contributed by atoms with Crippen molar-refractivity contribution in [3.05, 3.63) is 59.4 Å². The first-order valence-electron chi connectivity index (χ1n) is 8.26. The van der Waals surface area contributed by atoms with E-state index < -0.39 is 0 Å². The molecule has 2 amide bonds. The standard InChI is InChI=1S/C19H17ClN4O3/c1-12(25)21-16-8-7-14(11-15(16)20)22-17(26)9-10-18-23-19(24-27-18)13-5-3-2-4-6-13/h2-8,11H,9-10H2,1H3,(H,21,25)(H,22,26). The summed E-state index contributed by atoms with van der Waals surface area (Å²) >= 11 is 6.09. The van der Waals surface area contributed by atoms with Crippen molar-refractivity contribution in [1.29, 1.82) is 0 Å². The Labute approximate surface area is 160 Å². The number of carbonyl (C=O) groups excluding carboxylic acids is 2. The molecule has 3 aromatic rings. The molecule has 0 saturated carbocycles. The maximum absolute atomic E-state index is 12.1. The lowest BCUT2D eigenvalue weighted by Gasteiger charge is -2.08. The van der Waals surface area contributed by atoms with Crippen molar-refractivity contribution < 1.29 is 14.1 Å². The molecule has 0 aliphatic rings. The summed E-state index contributed by atoms with van der Waals surface area (Å²) in [5, 5.41) is 9.61. The van der Waals surface area contributed by atoms with Gasteiger partial charge in [0, 0.05) is 31.0 Å². The lowest BCUT2D eigenvalue weighted by Crippen LogP contribution is -2.13. The Hall–Kier alpha value is -3.19. The van der Waals surface area contributed by atoms with E-state index in [2.05, 4.69) is 20.8 Å². The second kappa shape index (κ2) is 8.46. The van der Waals surface area contributed by atoms with E-state index in [1.165, 1.54) is 6.92 Å². The summed E-state index contributed by atoms with van der Waals surface area (Å²) in [6.45, 7) is 1.40. The first kappa shape index (κ1) is 18.6. The van der Waals surface area contributed by atoms with Gasteiger partial charge in [0.05, 0.1) is 10.7 Å². The monoisotopic (exact) mass is 384 g/mol. The molecule has 0 atom stereocenters. The average molecular weight is 385 g/mol. The third-order valence-electron chi connectivity index (χ3n) is 3.63. The van der Waals surface area contributed by atoms with Gasteiger partial charge in [-0.2, -0.15) is 4.98 Å². The summed E-state index contributed by atoms with van der Waals surface area (Å²) in [5.41, 5.74) is 1.88. The Balaban J connectivity index is 1.55. The van der Waals surface area contributed by atoms with E-state index in [1.54, 1.807) is 18.2 Å². The molecule has 0 fully saturated rings. The molecule has 27 heavy (non-hydrogen) atoms. The molecule has 138 valence electrons. The SMILES string of the molecule is CC(=O)Nc1ccc(NC(=O)CCc2nc(-c3ccccc3)no2)cc1Cl. The highest BCUT2D eigenvalue weighted by atomic mass is 35.5. The Morgan fingerprint density at radius 2 is 1.89 bits per heavy atom. The topological polar surface area (TPSA) is 97.1 Å². The molecule has 0 radical (unpaired) electrons. The number of aryl methyl sites for hydroxylation is 1. The Morgan fingerprint density at radius 3 is 2.59 bits per heavy atom. The number of amides is 2. The predicted octanol–water partition coefficient (Wildman–Crippen LogP) is 3.92. The van der Waals surface area contributed by atoms with Crippen LogP contribution in [0, 0.1) is 0 Å². The fraction of sp³-hybridized carbons (Fsp3) is 0.158. The van der Waals surface area contributed by atoms with Gasteiger partial charge in [0.2, 0.25) is 23.5 Å². The number of rotatable bonds is 6. The quantitative estimate of drug-likeness (QED) is 0.671. The molecule has 0 saturated heterocycles. The van der Waals surface area contributed by atoms with Crippen LogP contribution in [-0.4, -0.2) is 22.0 Å². The first-order valence-corrected chi connectivity index (χ1v) is 8.64. The van der Waals surface area contributed by atoms with Crippen LogP contribution in [0.1, 0.15) is 19.2 Å². The average Bonchev–Trinajstić information content (AvgIpc) is 3.12. The highest BCUT2D eigenvalue weighted by Crippen LogP contribution is 2.25. The van der Waals surface area contributed by atoms with Gasteiger partial charge in [-0.15, -0.1) is 0 Å². The number of nitrogens with zero attached hydrogens (tertiary/aromatic N) is 2. The van der Waals surface area contributed by atoms with Crippen LogP contribution in [0.3, 0.4) is 0 Å². The highest BCUT2D eigenvalue weighted by Gasteiger charge is 2.11. The molecule has 3 rings (SSSR count). The van der Waals surface area contributed by atoms with Gasteiger partial charge in [0.15, 0.2) is 0 Å². The van der Waals surface area contributed by atoms with E-state index in [9.17, 15) is 9.59 Å². The number of nitrogens with one attached hydrogen (secondary N) is 2. The molecule has 1 aromatic heterocycles. The summed E-state index contributed by atoms with van der Waals surface area (Å²) in [7, 11) is 0. The van der Waals surface area contributed by atoms with Crippen LogP contribution in [-0.2, 0) is 16.0 Å². The maximum Gasteiger partial charge on any atom is 0.227 e. The fourth-order valence-electron chi connectivity index (χ4n) is 2.39. The Bertz CT molecular complexity index is 957. The molecule has 1 heterocycles. The molecular weight excluding hydrogens is 368 g/mol. The third kappa shape index (κ3) is 5.15. The highest BCUT2D eigenvalue weighted by molar-refractivity contribution is 6.34. The van der Waals surface area contributed by atoms with Gasteiger partial charge in [-0.3, -0.25) is 9.59 Å². The number of benzene rings is 2. The van der Waals surface area contributed by atoms with Gasteiger partial charge < -0.3 is 15.2 Å². The van der Waals surface area contributed by atoms with E-state index in [0.29, 0.717) is 34.5 Å². The number of halogens is 1. The molecule has 0 spiro atoms. The van der Waals surface area contributed by atoms with E-state index in [4.69, 9.17) is 16.1 Å². The summed E-state index contributed by atoms with van der Waals surface area (Å²) in [5.74, 6) is 0.454. The number of aromatic nitrogens is 2. The summed E-state index contributed by atoms with van der Waals surface area (Å²) in [6.07, 6.45) is 0.505. The number of carbonyl (C=O) groups is 2. The van der Waals surface area contributed by atoms with E-state index in [-0.39, 0.29) is 18.2 Å². The number of hydrogen-bond donors (Lipinski definition) is 2. The minimum atomic E-state index is -0.219. The van der Waals surface area contributed by atoms with E-state index in [0.717, 1.165) is 5.56 Å². The van der Waals surface area contributed by atoms with Gasteiger partial charge in [0.1, 0.15) is 0 Å². The molecule has 2 aromatic carbocycles. The van der Waals surface area contributed by atoms with Crippen molar-refractivity contribution in [3.8, 4) is 11.4 Å². The zero-order valence-corrected chi connectivity index (χ0v) is 15.3. The maximum atomic E-state index is 12.1. The molecular formula is C19H17ClN4O3. The Morgan fingerprint density at radius 1 is 1.11 bits per heavy atom.